The van der Waals surface area contributed by atoms with Crippen LogP contribution in [0.25, 0.3) is 0 Å². The zero-order valence-corrected chi connectivity index (χ0v) is 8.83. The molecule has 1 rings (SSSR count). The van der Waals surface area contributed by atoms with Crippen molar-refractivity contribution in [3.63, 3.8) is 0 Å². The van der Waals surface area contributed by atoms with Gasteiger partial charge in [-0.15, -0.1) is 12.3 Å². The van der Waals surface area contributed by atoms with Gasteiger partial charge in [-0.2, -0.15) is 0 Å². The van der Waals surface area contributed by atoms with Crippen LogP contribution in [0, 0.1) is 12.3 Å². The minimum absolute atomic E-state index is 0.324. The van der Waals surface area contributed by atoms with Crippen LogP contribution >= 0.6 is 0 Å². The van der Waals surface area contributed by atoms with Crippen LogP contribution in [0.4, 0.5) is 0 Å². The molecule has 0 saturated heterocycles. The molecule has 1 N–H and O–H groups in total. The van der Waals surface area contributed by atoms with Gasteiger partial charge in [-0.1, -0.05) is 0 Å². The normalized spacial score (nSPS) is 12.4. The van der Waals surface area contributed by atoms with Crippen LogP contribution in [-0.4, -0.2) is 16.6 Å². The van der Waals surface area contributed by atoms with Crippen molar-refractivity contribution < 1.29 is 0 Å². The van der Waals surface area contributed by atoms with E-state index in [0.717, 1.165) is 25.0 Å². The Hall–Kier alpha value is -1.27. The van der Waals surface area contributed by atoms with Gasteiger partial charge in [0.1, 0.15) is 0 Å². The van der Waals surface area contributed by atoms with Gasteiger partial charge in [0.2, 0.25) is 0 Å². The summed E-state index contributed by atoms with van der Waals surface area (Å²) in [6, 6.07) is 0.324. The third kappa shape index (κ3) is 2.90. The van der Waals surface area contributed by atoms with Gasteiger partial charge in [-0.05, 0) is 19.9 Å². The van der Waals surface area contributed by atoms with Crippen molar-refractivity contribution in [2.45, 2.75) is 25.3 Å². The highest BCUT2D eigenvalue weighted by molar-refractivity contribution is 5.03. The Morgan fingerprint density at radius 2 is 2.50 bits per heavy atom. The van der Waals surface area contributed by atoms with Gasteiger partial charge >= 0.3 is 0 Å². The summed E-state index contributed by atoms with van der Waals surface area (Å²) in [4.78, 5) is 4.31. The molecular formula is C11H17N3. The first-order valence-corrected chi connectivity index (χ1v) is 4.86. The van der Waals surface area contributed by atoms with E-state index in [1.165, 1.54) is 0 Å². The van der Waals surface area contributed by atoms with E-state index in [1.54, 1.807) is 0 Å². The van der Waals surface area contributed by atoms with Crippen LogP contribution in [0.15, 0.2) is 12.5 Å². The lowest BCUT2D eigenvalue weighted by Gasteiger charge is -2.12. The Morgan fingerprint density at radius 3 is 3.00 bits per heavy atom. The summed E-state index contributed by atoms with van der Waals surface area (Å²) >= 11 is 0. The summed E-state index contributed by atoms with van der Waals surface area (Å²) in [6.07, 6.45) is 12.0. The minimum Gasteiger partial charge on any atom is -0.340 e. The molecule has 3 nitrogen and oxygen atoms in total. The monoisotopic (exact) mass is 191 g/mol. The molecular weight excluding hydrogens is 174 g/mol. The number of nitrogens with one attached hydrogen (secondary N) is 1. The third-order valence-electron chi connectivity index (χ3n) is 2.24. The Bertz CT molecular complexity index is 309. The predicted molar refractivity (Wildman–Crippen MR) is 57.7 cm³/mol. The number of hydrogen-bond donors (Lipinski definition) is 1. The molecule has 0 amide bonds. The lowest BCUT2D eigenvalue weighted by Crippen LogP contribution is -2.16. The second-order valence-corrected chi connectivity index (χ2v) is 3.40. The fourth-order valence-electron chi connectivity index (χ4n) is 1.46. The summed E-state index contributed by atoms with van der Waals surface area (Å²) in [7, 11) is 3.93. The van der Waals surface area contributed by atoms with Gasteiger partial charge in [0, 0.05) is 19.7 Å². The lowest BCUT2D eigenvalue weighted by molar-refractivity contribution is 0.521. The molecule has 1 unspecified atom stereocenters. The SMILES string of the molecule is C#CCCCC(NC)c1cn(C)cn1. The third-order valence-corrected chi connectivity index (χ3v) is 2.24. The van der Waals surface area contributed by atoms with Crippen LogP contribution in [0.1, 0.15) is 31.0 Å². The fourth-order valence-corrected chi connectivity index (χ4v) is 1.46. The standard InChI is InChI=1S/C11H17N3/c1-4-5-6-7-10(12-2)11-8-14(3)9-13-11/h1,8-10,12H,5-7H2,2-3H3. The average Bonchev–Trinajstić information content (AvgIpc) is 2.60. The maximum Gasteiger partial charge on any atom is 0.0947 e. The van der Waals surface area contributed by atoms with Crippen molar-refractivity contribution in [3.05, 3.63) is 18.2 Å². The number of imidazole rings is 1. The molecule has 1 aromatic heterocycles. The molecule has 0 fully saturated rings. The molecule has 3 heteroatoms. The first kappa shape index (κ1) is 10.8. The van der Waals surface area contributed by atoms with Crippen LogP contribution in [0.3, 0.4) is 0 Å². The smallest absolute Gasteiger partial charge is 0.0947 e. The summed E-state index contributed by atoms with van der Waals surface area (Å²) in [5.41, 5.74) is 1.09. The Kier molecular flexibility index (Phi) is 4.21. The molecule has 1 aromatic rings. The van der Waals surface area contributed by atoms with Crippen LogP contribution in [-0.2, 0) is 7.05 Å². The van der Waals surface area contributed by atoms with Gasteiger partial charge in [-0.25, -0.2) is 4.98 Å². The zero-order valence-electron chi connectivity index (χ0n) is 8.83. The molecule has 0 bridgehead atoms. The molecule has 0 radical (unpaired) electrons. The molecule has 1 heterocycles. The Balaban J connectivity index is 2.50. The molecule has 0 aliphatic heterocycles. The van der Waals surface area contributed by atoms with Gasteiger partial charge in [-0.3, -0.25) is 0 Å². The molecule has 0 aromatic carbocycles. The average molecular weight is 191 g/mol. The van der Waals surface area contributed by atoms with E-state index in [0.29, 0.717) is 6.04 Å². The van der Waals surface area contributed by atoms with E-state index in [2.05, 4.69) is 16.2 Å². The van der Waals surface area contributed by atoms with E-state index < -0.39 is 0 Å². The number of hydrogen-bond acceptors (Lipinski definition) is 2. The van der Waals surface area contributed by atoms with Crippen molar-refractivity contribution >= 4 is 0 Å². The molecule has 1 atom stereocenters. The highest BCUT2D eigenvalue weighted by atomic mass is 15.0. The quantitative estimate of drug-likeness (QED) is 0.564. The maximum atomic E-state index is 5.21. The summed E-state index contributed by atoms with van der Waals surface area (Å²) in [5.74, 6) is 2.65. The first-order chi connectivity index (χ1) is 6.77. The van der Waals surface area contributed by atoms with Gasteiger partial charge in [0.05, 0.1) is 18.1 Å². The second kappa shape index (κ2) is 5.46. The van der Waals surface area contributed by atoms with Gasteiger partial charge < -0.3 is 9.88 Å². The van der Waals surface area contributed by atoms with Crippen LogP contribution < -0.4 is 5.32 Å². The van der Waals surface area contributed by atoms with Crippen LogP contribution in [0.5, 0.6) is 0 Å². The zero-order chi connectivity index (χ0) is 10.4. The number of nitrogens with zero attached hydrogens (tertiary/aromatic N) is 2. The van der Waals surface area contributed by atoms with Crippen molar-refractivity contribution in [3.8, 4) is 12.3 Å². The predicted octanol–water partition coefficient (Wildman–Crippen LogP) is 1.48. The lowest BCUT2D eigenvalue weighted by atomic mass is 10.1. The fraction of sp³-hybridized carbons (Fsp3) is 0.545. The number of unbranched alkanes of at least 4 members (excludes halogenated alkanes) is 1. The molecule has 0 aliphatic carbocycles. The second-order valence-electron chi connectivity index (χ2n) is 3.40. The molecule has 0 saturated carbocycles. The van der Waals surface area contributed by atoms with E-state index >= 15 is 0 Å². The van der Waals surface area contributed by atoms with E-state index in [1.807, 2.05) is 31.2 Å². The number of terminal acetylenes is 1. The van der Waals surface area contributed by atoms with E-state index in [-0.39, 0.29) is 0 Å². The van der Waals surface area contributed by atoms with E-state index in [9.17, 15) is 0 Å². The van der Waals surface area contributed by atoms with Crippen molar-refractivity contribution in [1.82, 2.24) is 14.9 Å². The minimum atomic E-state index is 0.324. The van der Waals surface area contributed by atoms with Crippen molar-refractivity contribution in [2.24, 2.45) is 7.05 Å². The summed E-state index contributed by atoms with van der Waals surface area (Å²) in [5, 5.41) is 3.25. The van der Waals surface area contributed by atoms with Crippen molar-refractivity contribution in [2.75, 3.05) is 7.05 Å². The topological polar surface area (TPSA) is 29.9 Å². The number of aryl methyl sites for hydroxylation is 1. The summed E-state index contributed by atoms with van der Waals surface area (Å²) in [6.45, 7) is 0. The highest BCUT2D eigenvalue weighted by Gasteiger charge is 2.10. The van der Waals surface area contributed by atoms with Crippen molar-refractivity contribution in [1.29, 1.82) is 0 Å². The Labute approximate surface area is 85.5 Å². The van der Waals surface area contributed by atoms with Gasteiger partial charge in [0.25, 0.3) is 0 Å². The number of rotatable bonds is 5. The van der Waals surface area contributed by atoms with Gasteiger partial charge in [0.15, 0.2) is 0 Å². The summed E-state index contributed by atoms with van der Waals surface area (Å²) < 4.78 is 1.96. The largest absolute Gasteiger partial charge is 0.340 e. The maximum absolute atomic E-state index is 5.21. The first-order valence-electron chi connectivity index (χ1n) is 4.86. The molecule has 0 spiro atoms. The molecule has 14 heavy (non-hydrogen) atoms. The molecule has 0 aliphatic rings. The number of aromatic nitrogens is 2. The Morgan fingerprint density at radius 1 is 1.71 bits per heavy atom. The van der Waals surface area contributed by atoms with Crippen LogP contribution in [0.2, 0.25) is 0 Å². The highest BCUT2D eigenvalue weighted by Crippen LogP contribution is 2.16. The van der Waals surface area contributed by atoms with E-state index in [4.69, 9.17) is 6.42 Å². The molecule has 76 valence electrons.